The van der Waals surface area contributed by atoms with Crippen LogP contribution >= 0.6 is 0 Å². The topological polar surface area (TPSA) is 41.6 Å². The van der Waals surface area contributed by atoms with Crippen molar-refractivity contribution < 1.29 is 9.63 Å². The number of carbonyl (C=O) groups excluding carboxylic acids is 1. The Morgan fingerprint density at radius 1 is 1.22 bits per heavy atom. The van der Waals surface area contributed by atoms with E-state index >= 15 is 0 Å². The van der Waals surface area contributed by atoms with Crippen LogP contribution in [0.3, 0.4) is 0 Å². The lowest BCUT2D eigenvalue weighted by atomic mass is 10.1. The predicted octanol–water partition coefficient (Wildman–Crippen LogP) is 1.96. The second-order valence-corrected chi connectivity index (χ2v) is 4.67. The van der Waals surface area contributed by atoms with Crippen LogP contribution in [0.15, 0.2) is 24.3 Å². The summed E-state index contributed by atoms with van der Waals surface area (Å²) < 4.78 is 0. The van der Waals surface area contributed by atoms with E-state index in [1.807, 2.05) is 24.3 Å². The van der Waals surface area contributed by atoms with Gasteiger partial charge in [-0.3, -0.25) is 14.5 Å². The van der Waals surface area contributed by atoms with Crippen molar-refractivity contribution in [3.63, 3.8) is 0 Å². The molecule has 0 aliphatic carbocycles. The highest BCUT2D eigenvalue weighted by molar-refractivity contribution is 5.93. The molecule has 1 heterocycles. The minimum atomic E-state index is -0.206. The van der Waals surface area contributed by atoms with Crippen molar-refractivity contribution in [1.82, 2.24) is 10.4 Å². The maximum atomic E-state index is 11.5. The van der Waals surface area contributed by atoms with Gasteiger partial charge in [0.1, 0.15) is 0 Å². The molecule has 0 spiro atoms. The van der Waals surface area contributed by atoms with Gasteiger partial charge in [0.2, 0.25) is 0 Å². The minimum Gasteiger partial charge on any atom is -0.299 e. The van der Waals surface area contributed by atoms with E-state index in [9.17, 15) is 4.79 Å². The molecule has 4 heteroatoms. The molecule has 0 bridgehead atoms. The summed E-state index contributed by atoms with van der Waals surface area (Å²) >= 11 is 0. The molecular formula is C14H20N2O2. The lowest BCUT2D eigenvalue weighted by molar-refractivity contribution is 0.0537. The van der Waals surface area contributed by atoms with Crippen molar-refractivity contribution in [2.75, 3.05) is 20.2 Å². The number of likely N-dealkylation sites (tertiary alicyclic amines) is 1. The maximum absolute atomic E-state index is 11.5. The number of piperidine rings is 1. The summed E-state index contributed by atoms with van der Waals surface area (Å²) in [4.78, 5) is 18.6. The molecule has 2 rings (SSSR count). The number of nitrogens with one attached hydrogen (secondary N) is 1. The molecule has 0 atom stereocenters. The van der Waals surface area contributed by atoms with Crippen LogP contribution in [-0.2, 0) is 11.4 Å². The number of carbonyl (C=O) groups is 1. The van der Waals surface area contributed by atoms with Gasteiger partial charge in [-0.1, -0.05) is 18.6 Å². The fourth-order valence-electron chi connectivity index (χ4n) is 2.29. The van der Waals surface area contributed by atoms with Crippen molar-refractivity contribution >= 4 is 5.91 Å². The number of hydrogen-bond acceptors (Lipinski definition) is 3. The van der Waals surface area contributed by atoms with Gasteiger partial charge in [0.05, 0.1) is 7.11 Å². The van der Waals surface area contributed by atoms with Gasteiger partial charge >= 0.3 is 0 Å². The monoisotopic (exact) mass is 248 g/mol. The lowest BCUT2D eigenvalue weighted by Crippen LogP contribution is -2.29. The first-order valence-corrected chi connectivity index (χ1v) is 6.44. The summed E-state index contributed by atoms with van der Waals surface area (Å²) in [5.74, 6) is -0.206. The zero-order valence-corrected chi connectivity index (χ0v) is 10.8. The Morgan fingerprint density at radius 2 is 1.89 bits per heavy atom. The van der Waals surface area contributed by atoms with Gasteiger partial charge in [0, 0.05) is 12.1 Å². The first-order valence-electron chi connectivity index (χ1n) is 6.44. The van der Waals surface area contributed by atoms with Crippen molar-refractivity contribution in [3.05, 3.63) is 35.4 Å². The van der Waals surface area contributed by atoms with Gasteiger partial charge < -0.3 is 0 Å². The van der Waals surface area contributed by atoms with Crippen molar-refractivity contribution in [2.45, 2.75) is 25.8 Å². The summed E-state index contributed by atoms with van der Waals surface area (Å²) in [6.45, 7) is 3.35. The first kappa shape index (κ1) is 13.1. The summed E-state index contributed by atoms with van der Waals surface area (Å²) in [5.41, 5.74) is 4.19. The Kier molecular flexibility index (Phi) is 4.73. The Hall–Kier alpha value is -1.39. The van der Waals surface area contributed by atoms with E-state index in [1.165, 1.54) is 45.0 Å². The average molecular weight is 248 g/mol. The summed E-state index contributed by atoms with van der Waals surface area (Å²) in [6, 6.07) is 7.71. The molecule has 4 nitrogen and oxygen atoms in total. The molecule has 1 aromatic carbocycles. The van der Waals surface area contributed by atoms with Gasteiger partial charge in [0.25, 0.3) is 5.91 Å². The Labute approximate surface area is 108 Å². The SMILES string of the molecule is CONC(=O)c1ccc(CN2CCCCC2)cc1. The standard InChI is InChI=1S/C14H20N2O2/c1-18-15-14(17)13-7-5-12(6-8-13)11-16-9-3-2-4-10-16/h5-8H,2-4,9-11H2,1H3,(H,15,17). The van der Waals surface area contributed by atoms with Gasteiger partial charge in [-0.05, 0) is 43.6 Å². The molecule has 0 radical (unpaired) electrons. The average Bonchev–Trinajstić information content (AvgIpc) is 2.41. The van der Waals surface area contributed by atoms with Crippen molar-refractivity contribution in [2.24, 2.45) is 0 Å². The molecular weight excluding hydrogens is 228 g/mol. The molecule has 1 saturated heterocycles. The molecule has 1 fully saturated rings. The predicted molar refractivity (Wildman–Crippen MR) is 70.0 cm³/mol. The van der Waals surface area contributed by atoms with Crippen LogP contribution < -0.4 is 5.48 Å². The molecule has 1 amide bonds. The molecule has 1 aromatic rings. The Bertz CT molecular complexity index is 383. The fourth-order valence-corrected chi connectivity index (χ4v) is 2.29. The highest BCUT2D eigenvalue weighted by Crippen LogP contribution is 2.13. The Morgan fingerprint density at radius 3 is 2.50 bits per heavy atom. The highest BCUT2D eigenvalue weighted by Gasteiger charge is 2.11. The van der Waals surface area contributed by atoms with E-state index in [-0.39, 0.29) is 5.91 Å². The van der Waals surface area contributed by atoms with Crippen LogP contribution in [0.1, 0.15) is 35.2 Å². The number of hydroxylamine groups is 1. The first-order chi connectivity index (χ1) is 8.79. The normalized spacial score (nSPS) is 16.5. The van der Waals surface area contributed by atoms with E-state index < -0.39 is 0 Å². The summed E-state index contributed by atoms with van der Waals surface area (Å²) in [7, 11) is 1.43. The van der Waals surface area contributed by atoms with E-state index in [1.54, 1.807) is 0 Å². The van der Waals surface area contributed by atoms with E-state index in [0.717, 1.165) is 6.54 Å². The van der Waals surface area contributed by atoms with E-state index in [0.29, 0.717) is 5.56 Å². The number of hydrogen-bond donors (Lipinski definition) is 1. The van der Waals surface area contributed by atoms with Gasteiger partial charge in [-0.2, -0.15) is 0 Å². The molecule has 0 unspecified atom stereocenters. The van der Waals surface area contributed by atoms with E-state index in [4.69, 9.17) is 0 Å². The number of rotatable bonds is 4. The third kappa shape index (κ3) is 3.55. The molecule has 98 valence electrons. The third-order valence-electron chi connectivity index (χ3n) is 3.27. The lowest BCUT2D eigenvalue weighted by Gasteiger charge is -2.26. The summed E-state index contributed by atoms with van der Waals surface area (Å²) in [5, 5.41) is 0. The van der Waals surface area contributed by atoms with Gasteiger partial charge in [-0.15, -0.1) is 0 Å². The Balaban J connectivity index is 1.92. The largest absolute Gasteiger partial charge is 0.299 e. The van der Waals surface area contributed by atoms with Crippen LogP contribution in [0.25, 0.3) is 0 Å². The molecule has 1 aliphatic rings. The van der Waals surface area contributed by atoms with E-state index in [2.05, 4.69) is 15.2 Å². The quantitative estimate of drug-likeness (QED) is 0.828. The smallest absolute Gasteiger partial charge is 0.274 e. The second-order valence-electron chi connectivity index (χ2n) is 4.67. The van der Waals surface area contributed by atoms with Gasteiger partial charge in [0.15, 0.2) is 0 Å². The van der Waals surface area contributed by atoms with Crippen LogP contribution in [0.4, 0.5) is 0 Å². The molecule has 0 saturated carbocycles. The number of nitrogens with zero attached hydrogens (tertiary/aromatic N) is 1. The van der Waals surface area contributed by atoms with Crippen LogP contribution in [0.5, 0.6) is 0 Å². The van der Waals surface area contributed by atoms with Gasteiger partial charge in [-0.25, -0.2) is 5.48 Å². The molecule has 0 aromatic heterocycles. The fraction of sp³-hybridized carbons (Fsp3) is 0.500. The zero-order valence-electron chi connectivity index (χ0n) is 10.8. The van der Waals surface area contributed by atoms with Crippen LogP contribution in [0, 0.1) is 0 Å². The number of amides is 1. The molecule has 1 N–H and O–H groups in total. The van der Waals surface area contributed by atoms with Crippen LogP contribution in [-0.4, -0.2) is 31.0 Å². The zero-order chi connectivity index (χ0) is 12.8. The van der Waals surface area contributed by atoms with Crippen molar-refractivity contribution in [3.8, 4) is 0 Å². The summed E-state index contributed by atoms with van der Waals surface area (Å²) in [6.07, 6.45) is 3.95. The molecule has 18 heavy (non-hydrogen) atoms. The van der Waals surface area contributed by atoms with Crippen LogP contribution in [0.2, 0.25) is 0 Å². The molecule has 1 aliphatic heterocycles. The third-order valence-corrected chi connectivity index (χ3v) is 3.27. The maximum Gasteiger partial charge on any atom is 0.274 e. The van der Waals surface area contributed by atoms with Crippen molar-refractivity contribution in [1.29, 1.82) is 0 Å². The number of benzene rings is 1. The second kappa shape index (κ2) is 6.52. The highest BCUT2D eigenvalue weighted by atomic mass is 16.6. The minimum absolute atomic E-state index is 0.206.